The lowest BCUT2D eigenvalue weighted by atomic mass is 11.1. The molecule has 0 unspecified atom stereocenters. The molecule has 0 aliphatic rings. The number of hydrogen-bond donors (Lipinski definition) is 3. The van der Waals surface area contributed by atoms with Gasteiger partial charge in [-0.05, 0) is 24.4 Å². The average molecular weight is 163 g/mol. The Balaban J connectivity index is 3.71. The third-order valence-corrected chi connectivity index (χ3v) is 0.644. The second kappa shape index (κ2) is 4.24. The Labute approximate surface area is 62.5 Å². The molecule has 0 aliphatic heterocycles. The minimum Gasteiger partial charge on any atom is -0.373 e. The number of thiocarbonyl (C=S) groups is 2. The number of nitrogens with two attached hydrogens (primary N) is 2. The van der Waals surface area contributed by atoms with Crippen molar-refractivity contribution in [2.75, 3.05) is 0 Å². The summed E-state index contributed by atoms with van der Waals surface area (Å²) < 4.78 is 0. The van der Waals surface area contributed by atoms with Crippen LogP contribution in [-0.2, 0) is 0 Å². The molecule has 5 nitrogen and oxygen atoms in total. The van der Waals surface area contributed by atoms with Gasteiger partial charge in [-0.25, -0.2) is 5.84 Å². The molecule has 5 N–H and O–H groups in total. The van der Waals surface area contributed by atoms with Gasteiger partial charge < -0.3 is 5.73 Å². The minimum atomic E-state index is -0.0763. The summed E-state index contributed by atoms with van der Waals surface area (Å²) in [6, 6.07) is 0. The first-order valence-corrected chi connectivity index (χ1v) is 2.70. The molecule has 0 amide bonds. The van der Waals surface area contributed by atoms with Crippen molar-refractivity contribution in [2.45, 2.75) is 0 Å². The number of hydrogen-bond acceptors (Lipinski definition) is 3. The van der Waals surface area contributed by atoms with Crippen LogP contribution in [-0.4, -0.2) is 10.2 Å². The predicted molar refractivity (Wildman–Crippen MR) is 41.6 cm³/mol. The Morgan fingerprint density at radius 3 is 2.22 bits per heavy atom. The van der Waals surface area contributed by atoms with Crippen LogP contribution in [0.4, 0.5) is 0 Å². The summed E-state index contributed by atoms with van der Waals surface area (Å²) in [5.41, 5.74) is 7.01. The molecule has 0 aromatic carbocycles. The molecule has 0 fully saturated rings. The van der Waals surface area contributed by atoms with Crippen molar-refractivity contribution in [3.8, 4) is 0 Å². The number of nitrogens with one attached hydrogen (secondary N) is 1. The second-order valence-corrected chi connectivity index (χ2v) is 1.79. The van der Waals surface area contributed by atoms with Gasteiger partial charge in [-0.1, -0.05) is 0 Å². The van der Waals surface area contributed by atoms with Crippen molar-refractivity contribution in [1.82, 2.24) is 5.43 Å². The summed E-state index contributed by atoms with van der Waals surface area (Å²) in [4.78, 5) is 0. The van der Waals surface area contributed by atoms with Crippen molar-refractivity contribution < 1.29 is 0 Å². The maximum absolute atomic E-state index is 4.94. The third kappa shape index (κ3) is 5.21. The Bertz CT molecular complexity index is 151. The fourth-order valence-corrected chi connectivity index (χ4v) is 0.205. The van der Waals surface area contributed by atoms with E-state index in [1.54, 1.807) is 0 Å². The van der Waals surface area contributed by atoms with Gasteiger partial charge in [0.15, 0.2) is 0 Å². The van der Waals surface area contributed by atoms with E-state index in [4.69, 9.17) is 11.6 Å². The molecule has 0 bridgehead atoms. The zero-order valence-electron chi connectivity index (χ0n) is 4.37. The summed E-state index contributed by atoms with van der Waals surface area (Å²) in [5.74, 6) is 4.83. The normalized spacial score (nSPS) is 9.44. The zero-order valence-corrected chi connectivity index (χ0v) is 6.00. The van der Waals surface area contributed by atoms with Crippen LogP contribution in [0.3, 0.4) is 0 Å². The molecule has 50 valence electrons. The van der Waals surface area contributed by atoms with Gasteiger partial charge in [0.1, 0.15) is 0 Å². The molecule has 0 saturated carbocycles. The van der Waals surface area contributed by atoms with E-state index in [1.807, 2.05) is 0 Å². The van der Waals surface area contributed by atoms with Crippen LogP contribution in [0.2, 0.25) is 0 Å². The molecule has 0 atom stereocenters. The van der Waals surface area contributed by atoms with E-state index in [0.29, 0.717) is 0 Å². The van der Waals surface area contributed by atoms with Crippen LogP contribution in [0.1, 0.15) is 0 Å². The maximum Gasteiger partial charge on any atom is 0.228 e. The van der Waals surface area contributed by atoms with Crippen LogP contribution in [0, 0.1) is 0 Å². The molecule has 0 rings (SSSR count). The molecule has 0 radical (unpaired) electrons. The van der Waals surface area contributed by atoms with Gasteiger partial charge in [0.25, 0.3) is 0 Å². The highest BCUT2D eigenvalue weighted by Crippen LogP contribution is 1.76. The molecule has 0 aliphatic carbocycles. The first-order chi connectivity index (χ1) is 4.16. The second-order valence-electron chi connectivity index (χ2n) is 0.988. The quantitative estimate of drug-likeness (QED) is 0.193. The van der Waals surface area contributed by atoms with Crippen LogP contribution in [0.5, 0.6) is 0 Å². The molecule has 0 saturated heterocycles. The summed E-state index contributed by atoms with van der Waals surface area (Å²) in [5, 5.41) is 6.51. The SMILES string of the molecule is NNC(=S)N=NC(N)=S. The largest absolute Gasteiger partial charge is 0.373 e. The summed E-state index contributed by atoms with van der Waals surface area (Å²) in [7, 11) is 0. The van der Waals surface area contributed by atoms with E-state index in [1.165, 1.54) is 0 Å². The van der Waals surface area contributed by atoms with Crippen LogP contribution in [0.15, 0.2) is 10.2 Å². The number of hydrazine groups is 1. The van der Waals surface area contributed by atoms with Gasteiger partial charge in [0.05, 0.1) is 0 Å². The molecular formula is C2H5N5S2. The van der Waals surface area contributed by atoms with Gasteiger partial charge >= 0.3 is 0 Å². The number of azo groups is 1. The molecule has 0 spiro atoms. The molecule has 7 heteroatoms. The Kier molecular flexibility index (Phi) is 3.93. The van der Waals surface area contributed by atoms with E-state index in [0.717, 1.165) is 0 Å². The third-order valence-electron chi connectivity index (χ3n) is 0.363. The van der Waals surface area contributed by atoms with Crippen LogP contribution in [0.25, 0.3) is 0 Å². The topological polar surface area (TPSA) is 88.8 Å². The highest BCUT2D eigenvalue weighted by molar-refractivity contribution is 7.80. The molecular weight excluding hydrogens is 158 g/mol. The average Bonchev–Trinajstić information content (AvgIpc) is 1.83. The summed E-state index contributed by atoms with van der Waals surface area (Å²) in [6.45, 7) is 0. The maximum atomic E-state index is 4.94. The van der Waals surface area contributed by atoms with Crippen molar-refractivity contribution in [3.05, 3.63) is 0 Å². The highest BCUT2D eigenvalue weighted by atomic mass is 32.1. The lowest BCUT2D eigenvalue weighted by Gasteiger charge is -1.88. The van der Waals surface area contributed by atoms with Gasteiger partial charge in [-0.2, -0.15) is 0 Å². The fraction of sp³-hybridized carbons (Fsp3) is 0. The fourth-order valence-electron chi connectivity index (χ4n) is 0.124. The first kappa shape index (κ1) is 8.34. The standard InChI is InChI=1S/C2H5N5S2/c3-1(8)6-7-2(9)5-4/h4H2,(H2,3,8)(H,5,9). The van der Waals surface area contributed by atoms with Crippen LogP contribution < -0.4 is 17.0 Å². The number of nitrogens with zero attached hydrogens (tertiary/aromatic N) is 2. The first-order valence-electron chi connectivity index (χ1n) is 1.88. The van der Waals surface area contributed by atoms with Crippen molar-refractivity contribution >= 4 is 34.7 Å². The van der Waals surface area contributed by atoms with Crippen molar-refractivity contribution in [2.24, 2.45) is 21.8 Å². The lowest BCUT2D eigenvalue weighted by Crippen LogP contribution is -2.26. The molecule has 0 aromatic heterocycles. The smallest absolute Gasteiger partial charge is 0.228 e. The van der Waals surface area contributed by atoms with Crippen molar-refractivity contribution in [1.29, 1.82) is 0 Å². The van der Waals surface area contributed by atoms with Crippen LogP contribution >= 0.6 is 24.4 Å². The number of rotatable bonds is 0. The van der Waals surface area contributed by atoms with E-state index in [2.05, 4.69) is 40.1 Å². The predicted octanol–water partition coefficient (Wildman–Crippen LogP) is -0.570. The molecule has 0 aromatic rings. The van der Waals surface area contributed by atoms with E-state index < -0.39 is 0 Å². The molecule has 9 heavy (non-hydrogen) atoms. The Hall–Kier alpha value is -0.660. The monoisotopic (exact) mass is 163 g/mol. The minimum absolute atomic E-state index is 0.0443. The Morgan fingerprint density at radius 1 is 1.33 bits per heavy atom. The van der Waals surface area contributed by atoms with E-state index >= 15 is 0 Å². The highest BCUT2D eigenvalue weighted by Gasteiger charge is 1.84. The Morgan fingerprint density at radius 2 is 1.89 bits per heavy atom. The zero-order chi connectivity index (χ0) is 7.28. The summed E-state index contributed by atoms with van der Waals surface area (Å²) in [6.07, 6.45) is 0. The van der Waals surface area contributed by atoms with Crippen molar-refractivity contribution in [3.63, 3.8) is 0 Å². The van der Waals surface area contributed by atoms with Gasteiger partial charge in [-0.3, -0.25) is 5.43 Å². The van der Waals surface area contributed by atoms with E-state index in [-0.39, 0.29) is 10.2 Å². The molecule has 0 heterocycles. The van der Waals surface area contributed by atoms with Gasteiger partial charge in [-0.15, -0.1) is 10.2 Å². The van der Waals surface area contributed by atoms with E-state index in [9.17, 15) is 0 Å². The van der Waals surface area contributed by atoms with Gasteiger partial charge in [0, 0.05) is 0 Å². The van der Waals surface area contributed by atoms with Gasteiger partial charge in [0.2, 0.25) is 10.2 Å². The summed E-state index contributed by atoms with van der Waals surface area (Å²) >= 11 is 8.81. The lowest BCUT2D eigenvalue weighted by molar-refractivity contribution is 1.02.